The van der Waals surface area contributed by atoms with Crippen LogP contribution in [0.1, 0.15) is 16.8 Å². The normalized spacial score (nSPS) is 13.4. The highest BCUT2D eigenvalue weighted by atomic mass is 35.5. The molecule has 2 aromatic rings. The van der Waals surface area contributed by atoms with E-state index in [1.165, 1.54) is 5.56 Å². The van der Waals surface area contributed by atoms with Crippen LogP contribution < -0.4 is 10.6 Å². The minimum atomic E-state index is 0.285. The van der Waals surface area contributed by atoms with Crippen LogP contribution in [-0.2, 0) is 13.1 Å². The van der Waals surface area contributed by atoms with Crippen molar-refractivity contribution in [1.82, 2.24) is 15.3 Å². The molecule has 2 heterocycles. The zero-order valence-electron chi connectivity index (χ0n) is 10.00. The number of hydrogen-bond acceptors (Lipinski definition) is 4. The molecule has 0 atom stereocenters. The number of halogens is 1. The molecular formula is C13H13ClN4. The highest BCUT2D eigenvalue weighted by molar-refractivity contribution is 6.28. The zero-order chi connectivity index (χ0) is 12.5. The monoisotopic (exact) mass is 260 g/mol. The number of aryl methyl sites for hydroxylation is 1. The predicted molar refractivity (Wildman–Crippen MR) is 72.0 cm³/mol. The van der Waals surface area contributed by atoms with Crippen LogP contribution in [0.5, 0.6) is 0 Å². The summed E-state index contributed by atoms with van der Waals surface area (Å²) in [5, 5.41) is 6.85. The molecule has 0 bridgehead atoms. The Kier molecular flexibility index (Phi) is 2.89. The molecule has 0 fully saturated rings. The molecule has 0 amide bonds. The average Bonchev–Trinajstić information content (AvgIpc) is 2.77. The van der Waals surface area contributed by atoms with E-state index in [-0.39, 0.29) is 5.28 Å². The maximum absolute atomic E-state index is 5.94. The van der Waals surface area contributed by atoms with Gasteiger partial charge in [-0.25, -0.2) is 9.97 Å². The van der Waals surface area contributed by atoms with Crippen LogP contribution in [-0.4, -0.2) is 9.97 Å². The number of nitrogens with zero attached hydrogens (tertiary/aromatic N) is 2. The van der Waals surface area contributed by atoms with Crippen LogP contribution in [0.15, 0.2) is 24.3 Å². The zero-order valence-corrected chi connectivity index (χ0v) is 10.8. The Bertz CT molecular complexity index is 598. The maximum Gasteiger partial charge on any atom is 0.224 e. The number of hydrogen-bond donors (Lipinski definition) is 2. The summed E-state index contributed by atoms with van der Waals surface area (Å²) in [5.74, 6) is 0.792. The third-order valence-corrected chi connectivity index (χ3v) is 3.11. The summed E-state index contributed by atoms with van der Waals surface area (Å²) in [7, 11) is 0. The van der Waals surface area contributed by atoms with Gasteiger partial charge in [0.2, 0.25) is 5.28 Å². The summed E-state index contributed by atoms with van der Waals surface area (Å²) in [6.45, 7) is 3.59. The van der Waals surface area contributed by atoms with Crippen molar-refractivity contribution in [3.63, 3.8) is 0 Å². The van der Waals surface area contributed by atoms with Crippen molar-refractivity contribution in [2.75, 3.05) is 5.32 Å². The molecule has 1 aliphatic heterocycles. The lowest BCUT2D eigenvalue weighted by molar-refractivity contribution is 0.758. The second-order valence-corrected chi connectivity index (χ2v) is 4.70. The van der Waals surface area contributed by atoms with E-state index in [4.69, 9.17) is 11.6 Å². The highest BCUT2D eigenvalue weighted by Gasteiger charge is 2.18. The summed E-state index contributed by atoms with van der Waals surface area (Å²) < 4.78 is 0. The molecule has 0 unspecified atom stereocenters. The summed E-state index contributed by atoms with van der Waals surface area (Å²) in [6, 6.07) is 8.16. The van der Waals surface area contributed by atoms with Gasteiger partial charge in [-0.05, 0) is 36.2 Å². The van der Waals surface area contributed by atoms with Gasteiger partial charge in [-0.15, -0.1) is 0 Å². The van der Waals surface area contributed by atoms with E-state index in [1.807, 2.05) is 12.1 Å². The van der Waals surface area contributed by atoms with Crippen LogP contribution in [0.4, 0.5) is 11.5 Å². The van der Waals surface area contributed by atoms with Gasteiger partial charge in [0.15, 0.2) is 0 Å². The largest absolute Gasteiger partial charge is 0.340 e. The lowest BCUT2D eigenvalue weighted by atomic mass is 10.2. The van der Waals surface area contributed by atoms with E-state index in [0.29, 0.717) is 0 Å². The Balaban J connectivity index is 1.98. The van der Waals surface area contributed by atoms with Crippen molar-refractivity contribution in [2.45, 2.75) is 20.0 Å². The first kappa shape index (κ1) is 11.4. The summed E-state index contributed by atoms with van der Waals surface area (Å²) in [6.07, 6.45) is 0. The number of aromatic nitrogens is 2. The van der Waals surface area contributed by atoms with Crippen LogP contribution in [0, 0.1) is 6.92 Å². The standard InChI is InChI=1S/C13H13ClN4/c1-8-3-2-4-9(5-8)16-12-10-6-15-7-11(10)17-13(14)18-12/h2-5,15H,6-7H2,1H3,(H,16,17,18). The van der Waals surface area contributed by atoms with Crippen molar-refractivity contribution in [3.05, 3.63) is 46.4 Å². The molecule has 1 aromatic carbocycles. The number of anilines is 2. The van der Waals surface area contributed by atoms with Gasteiger partial charge in [0.25, 0.3) is 0 Å². The fourth-order valence-corrected chi connectivity index (χ4v) is 2.29. The lowest BCUT2D eigenvalue weighted by Crippen LogP contribution is -2.02. The number of fused-ring (bicyclic) bond motifs is 1. The lowest BCUT2D eigenvalue weighted by Gasteiger charge is -2.10. The molecule has 5 heteroatoms. The number of nitrogens with one attached hydrogen (secondary N) is 2. The van der Waals surface area contributed by atoms with Gasteiger partial charge in [0, 0.05) is 24.3 Å². The van der Waals surface area contributed by atoms with Gasteiger partial charge in [-0.3, -0.25) is 0 Å². The van der Waals surface area contributed by atoms with Crippen LogP contribution in [0.25, 0.3) is 0 Å². The van der Waals surface area contributed by atoms with Crippen molar-refractivity contribution in [3.8, 4) is 0 Å². The van der Waals surface area contributed by atoms with Crippen molar-refractivity contribution >= 4 is 23.1 Å². The first-order valence-corrected chi connectivity index (χ1v) is 6.20. The van der Waals surface area contributed by atoms with Gasteiger partial charge in [-0.2, -0.15) is 0 Å². The fraction of sp³-hybridized carbons (Fsp3) is 0.231. The van der Waals surface area contributed by atoms with Crippen molar-refractivity contribution < 1.29 is 0 Å². The van der Waals surface area contributed by atoms with Gasteiger partial charge < -0.3 is 10.6 Å². The molecule has 0 aliphatic carbocycles. The number of rotatable bonds is 2. The quantitative estimate of drug-likeness (QED) is 0.816. The van der Waals surface area contributed by atoms with Crippen molar-refractivity contribution in [2.24, 2.45) is 0 Å². The Morgan fingerprint density at radius 2 is 2.17 bits per heavy atom. The maximum atomic E-state index is 5.94. The van der Waals surface area contributed by atoms with Gasteiger partial charge in [0.05, 0.1) is 5.69 Å². The molecule has 0 saturated carbocycles. The Morgan fingerprint density at radius 1 is 1.28 bits per heavy atom. The first-order valence-electron chi connectivity index (χ1n) is 5.82. The van der Waals surface area contributed by atoms with E-state index in [2.05, 4.69) is 39.7 Å². The minimum absolute atomic E-state index is 0.285. The van der Waals surface area contributed by atoms with E-state index in [0.717, 1.165) is 35.9 Å². The van der Waals surface area contributed by atoms with E-state index < -0.39 is 0 Å². The second kappa shape index (κ2) is 4.55. The second-order valence-electron chi connectivity index (χ2n) is 4.36. The minimum Gasteiger partial charge on any atom is -0.340 e. The molecule has 1 aromatic heterocycles. The molecule has 2 N–H and O–H groups in total. The van der Waals surface area contributed by atoms with Crippen LogP contribution in [0.3, 0.4) is 0 Å². The summed E-state index contributed by atoms with van der Waals surface area (Å²) >= 11 is 5.94. The molecule has 4 nitrogen and oxygen atoms in total. The molecule has 0 saturated heterocycles. The van der Waals surface area contributed by atoms with Gasteiger partial charge >= 0.3 is 0 Å². The number of benzene rings is 1. The predicted octanol–water partition coefficient (Wildman–Crippen LogP) is 2.79. The average molecular weight is 261 g/mol. The summed E-state index contributed by atoms with van der Waals surface area (Å²) in [5.41, 5.74) is 4.29. The molecule has 18 heavy (non-hydrogen) atoms. The van der Waals surface area contributed by atoms with Crippen LogP contribution in [0.2, 0.25) is 5.28 Å². The molecular weight excluding hydrogens is 248 g/mol. The molecule has 0 spiro atoms. The molecule has 92 valence electrons. The van der Waals surface area contributed by atoms with E-state index in [1.54, 1.807) is 0 Å². The topological polar surface area (TPSA) is 49.8 Å². The third-order valence-electron chi connectivity index (χ3n) is 2.94. The SMILES string of the molecule is Cc1cccc(Nc2nc(Cl)nc3c2CNC3)c1. The smallest absolute Gasteiger partial charge is 0.224 e. The van der Waals surface area contributed by atoms with Gasteiger partial charge in [-0.1, -0.05) is 12.1 Å². The van der Waals surface area contributed by atoms with Crippen molar-refractivity contribution in [1.29, 1.82) is 0 Å². The fourth-order valence-electron chi connectivity index (χ4n) is 2.10. The Labute approximate surface area is 110 Å². The summed E-state index contributed by atoms with van der Waals surface area (Å²) in [4.78, 5) is 8.50. The Hall–Kier alpha value is -1.65. The van der Waals surface area contributed by atoms with E-state index in [9.17, 15) is 0 Å². The molecule has 1 aliphatic rings. The third kappa shape index (κ3) is 2.17. The first-order chi connectivity index (χ1) is 8.72. The Morgan fingerprint density at radius 3 is 3.00 bits per heavy atom. The molecule has 3 rings (SSSR count). The van der Waals surface area contributed by atoms with E-state index >= 15 is 0 Å². The molecule has 0 radical (unpaired) electrons. The highest BCUT2D eigenvalue weighted by Crippen LogP contribution is 2.26. The van der Waals surface area contributed by atoms with Gasteiger partial charge in [0.1, 0.15) is 5.82 Å². The van der Waals surface area contributed by atoms with Crippen LogP contribution >= 0.6 is 11.6 Å².